The van der Waals surface area contributed by atoms with E-state index in [9.17, 15) is 4.79 Å². The highest BCUT2D eigenvalue weighted by Gasteiger charge is 2.20. The van der Waals surface area contributed by atoms with Crippen LogP contribution in [0.5, 0.6) is 0 Å². The second-order valence-corrected chi connectivity index (χ2v) is 4.64. The third kappa shape index (κ3) is 2.22. The van der Waals surface area contributed by atoms with Gasteiger partial charge in [0.25, 0.3) is 0 Å². The highest BCUT2D eigenvalue weighted by molar-refractivity contribution is 5.99. The largest absolute Gasteiger partial charge is 0.326 e. The van der Waals surface area contributed by atoms with Crippen molar-refractivity contribution in [1.82, 2.24) is 10.3 Å². The van der Waals surface area contributed by atoms with Crippen LogP contribution in [0.15, 0.2) is 42.7 Å². The van der Waals surface area contributed by atoms with E-state index in [0.29, 0.717) is 6.42 Å². The second-order valence-electron chi connectivity index (χ2n) is 4.64. The van der Waals surface area contributed by atoms with Gasteiger partial charge in [0.15, 0.2) is 0 Å². The lowest BCUT2D eigenvalue weighted by molar-refractivity contribution is -0.115. The predicted octanol–water partition coefficient (Wildman–Crippen LogP) is 1.89. The molecule has 2 heterocycles. The van der Waals surface area contributed by atoms with Crippen LogP contribution in [0, 0.1) is 0 Å². The number of pyridine rings is 1. The van der Waals surface area contributed by atoms with Crippen molar-refractivity contribution in [3.63, 3.8) is 0 Å². The molecular formula is C15H15N3O. The van der Waals surface area contributed by atoms with Crippen LogP contribution < -0.4 is 10.6 Å². The number of fused-ring (bicyclic) bond motifs is 1. The molecule has 3 rings (SSSR count). The van der Waals surface area contributed by atoms with Crippen molar-refractivity contribution < 1.29 is 4.79 Å². The van der Waals surface area contributed by atoms with Gasteiger partial charge in [-0.1, -0.05) is 12.1 Å². The first-order chi connectivity index (χ1) is 9.28. The van der Waals surface area contributed by atoms with Gasteiger partial charge in [0.1, 0.15) is 0 Å². The van der Waals surface area contributed by atoms with Crippen molar-refractivity contribution in [1.29, 1.82) is 0 Å². The highest BCUT2D eigenvalue weighted by atomic mass is 16.1. The maximum atomic E-state index is 11.4. The maximum absolute atomic E-state index is 11.4. The van der Waals surface area contributed by atoms with E-state index in [2.05, 4.69) is 21.7 Å². The van der Waals surface area contributed by atoms with Crippen molar-refractivity contribution in [2.75, 3.05) is 12.4 Å². The summed E-state index contributed by atoms with van der Waals surface area (Å²) in [6.45, 7) is 0. The summed E-state index contributed by atoms with van der Waals surface area (Å²) < 4.78 is 0. The minimum Gasteiger partial charge on any atom is -0.326 e. The van der Waals surface area contributed by atoms with Gasteiger partial charge >= 0.3 is 0 Å². The fraction of sp³-hybridized carbons (Fsp3) is 0.200. The highest BCUT2D eigenvalue weighted by Crippen LogP contribution is 2.28. The zero-order valence-corrected chi connectivity index (χ0v) is 10.7. The van der Waals surface area contributed by atoms with E-state index in [1.165, 1.54) is 0 Å². The molecule has 0 aliphatic carbocycles. The summed E-state index contributed by atoms with van der Waals surface area (Å²) in [6, 6.07) is 10.2. The van der Waals surface area contributed by atoms with Gasteiger partial charge in [0, 0.05) is 18.1 Å². The van der Waals surface area contributed by atoms with Crippen LogP contribution in [0.4, 0.5) is 5.69 Å². The SMILES string of the molecule is CNC(c1ccncc1)c1ccc2c(c1)CC(=O)N2. The summed E-state index contributed by atoms with van der Waals surface area (Å²) >= 11 is 0. The minimum atomic E-state index is 0.0667. The zero-order chi connectivity index (χ0) is 13.2. The summed E-state index contributed by atoms with van der Waals surface area (Å²) in [6.07, 6.45) is 4.05. The Bertz CT molecular complexity index is 610. The van der Waals surface area contributed by atoms with Crippen LogP contribution in [0.25, 0.3) is 0 Å². The number of amides is 1. The molecule has 4 nitrogen and oxygen atoms in total. The summed E-state index contributed by atoms with van der Waals surface area (Å²) in [4.78, 5) is 15.4. The van der Waals surface area contributed by atoms with Crippen LogP contribution in [0.2, 0.25) is 0 Å². The smallest absolute Gasteiger partial charge is 0.228 e. The lowest BCUT2D eigenvalue weighted by Crippen LogP contribution is -2.17. The molecule has 0 spiro atoms. The molecule has 1 amide bonds. The number of hydrogen-bond acceptors (Lipinski definition) is 3. The van der Waals surface area contributed by atoms with Gasteiger partial charge in [0.2, 0.25) is 5.91 Å². The standard InChI is InChI=1S/C15H15N3O/c1-16-15(10-4-6-17-7-5-10)11-2-3-13-12(8-11)9-14(19)18-13/h2-8,15-16H,9H2,1H3,(H,18,19). The Morgan fingerprint density at radius 1 is 1.21 bits per heavy atom. The van der Waals surface area contributed by atoms with Crippen molar-refractivity contribution in [2.24, 2.45) is 0 Å². The maximum Gasteiger partial charge on any atom is 0.228 e. The molecule has 2 aromatic rings. The van der Waals surface area contributed by atoms with E-state index >= 15 is 0 Å². The summed E-state index contributed by atoms with van der Waals surface area (Å²) in [5.41, 5.74) is 4.31. The monoisotopic (exact) mass is 253 g/mol. The fourth-order valence-electron chi connectivity index (χ4n) is 2.51. The Hall–Kier alpha value is -2.20. The fourth-order valence-corrected chi connectivity index (χ4v) is 2.51. The Balaban J connectivity index is 1.97. The van der Waals surface area contributed by atoms with E-state index in [0.717, 1.165) is 22.4 Å². The second kappa shape index (κ2) is 4.82. The van der Waals surface area contributed by atoms with Crippen LogP contribution in [-0.4, -0.2) is 17.9 Å². The number of anilines is 1. The third-order valence-electron chi connectivity index (χ3n) is 3.42. The van der Waals surface area contributed by atoms with E-state index in [1.807, 2.05) is 31.3 Å². The van der Waals surface area contributed by atoms with E-state index < -0.39 is 0 Å². The molecule has 1 aliphatic rings. The molecule has 1 aromatic heterocycles. The topological polar surface area (TPSA) is 54.0 Å². The molecule has 0 saturated carbocycles. The molecule has 4 heteroatoms. The van der Waals surface area contributed by atoms with E-state index in [-0.39, 0.29) is 11.9 Å². The first-order valence-electron chi connectivity index (χ1n) is 6.28. The van der Waals surface area contributed by atoms with Crippen molar-refractivity contribution >= 4 is 11.6 Å². The molecular weight excluding hydrogens is 238 g/mol. The minimum absolute atomic E-state index is 0.0667. The molecule has 0 radical (unpaired) electrons. The lowest BCUT2D eigenvalue weighted by atomic mass is 9.97. The molecule has 1 aromatic carbocycles. The van der Waals surface area contributed by atoms with Crippen LogP contribution in [0.1, 0.15) is 22.7 Å². The number of nitrogens with zero attached hydrogens (tertiary/aromatic N) is 1. The van der Waals surface area contributed by atoms with Gasteiger partial charge in [-0.15, -0.1) is 0 Å². The quantitative estimate of drug-likeness (QED) is 0.878. The summed E-state index contributed by atoms with van der Waals surface area (Å²) in [5, 5.41) is 6.16. The molecule has 2 N–H and O–H groups in total. The molecule has 1 aliphatic heterocycles. The average Bonchev–Trinajstić information content (AvgIpc) is 2.80. The normalized spacial score (nSPS) is 14.9. The number of nitrogens with one attached hydrogen (secondary N) is 2. The number of carbonyl (C=O) groups is 1. The van der Waals surface area contributed by atoms with Gasteiger partial charge in [-0.2, -0.15) is 0 Å². The lowest BCUT2D eigenvalue weighted by Gasteiger charge is -2.17. The number of benzene rings is 1. The van der Waals surface area contributed by atoms with Gasteiger partial charge in [-0.3, -0.25) is 9.78 Å². The molecule has 19 heavy (non-hydrogen) atoms. The summed E-state index contributed by atoms with van der Waals surface area (Å²) in [7, 11) is 1.93. The Labute approximate surface area is 111 Å². The van der Waals surface area contributed by atoms with Gasteiger partial charge < -0.3 is 10.6 Å². The predicted molar refractivity (Wildman–Crippen MR) is 73.9 cm³/mol. The molecule has 96 valence electrons. The Morgan fingerprint density at radius 2 is 2.00 bits per heavy atom. The molecule has 1 unspecified atom stereocenters. The Kier molecular flexibility index (Phi) is 3.01. The van der Waals surface area contributed by atoms with Gasteiger partial charge in [-0.25, -0.2) is 0 Å². The number of aromatic nitrogens is 1. The average molecular weight is 253 g/mol. The van der Waals surface area contributed by atoms with Crippen molar-refractivity contribution in [2.45, 2.75) is 12.5 Å². The van der Waals surface area contributed by atoms with Crippen LogP contribution >= 0.6 is 0 Å². The van der Waals surface area contributed by atoms with Gasteiger partial charge in [-0.05, 0) is 41.9 Å². The van der Waals surface area contributed by atoms with Crippen molar-refractivity contribution in [3.8, 4) is 0 Å². The van der Waals surface area contributed by atoms with Crippen molar-refractivity contribution in [3.05, 3.63) is 59.4 Å². The third-order valence-corrected chi connectivity index (χ3v) is 3.42. The zero-order valence-electron chi connectivity index (χ0n) is 10.7. The number of carbonyl (C=O) groups excluding carboxylic acids is 1. The Morgan fingerprint density at radius 3 is 2.74 bits per heavy atom. The van der Waals surface area contributed by atoms with Gasteiger partial charge in [0.05, 0.1) is 12.5 Å². The van der Waals surface area contributed by atoms with Crippen LogP contribution in [-0.2, 0) is 11.2 Å². The van der Waals surface area contributed by atoms with E-state index in [1.54, 1.807) is 12.4 Å². The molecule has 1 atom stereocenters. The summed E-state index contributed by atoms with van der Waals surface area (Å²) in [5.74, 6) is 0.0667. The van der Waals surface area contributed by atoms with Crippen LogP contribution in [0.3, 0.4) is 0 Å². The first kappa shape index (κ1) is 11.9. The molecule has 0 fully saturated rings. The first-order valence-corrected chi connectivity index (χ1v) is 6.28. The molecule has 0 bridgehead atoms. The van der Waals surface area contributed by atoms with E-state index in [4.69, 9.17) is 0 Å². The number of hydrogen-bond donors (Lipinski definition) is 2. The molecule has 0 saturated heterocycles. The number of rotatable bonds is 3.